The van der Waals surface area contributed by atoms with Crippen molar-refractivity contribution in [2.24, 2.45) is 0 Å². The number of carbonyl (C=O) groups excluding carboxylic acids is 2. The van der Waals surface area contributed by atoms with E-state index in [2.05, 4.69) is 5.32 Å². The number of amides is 1. The molecule has 3 rings (SSSR count). The van der Waals surface area contributed by atoms with Crippen molar-refractivity contribution in [3.8, 4) is 5.75 Å². The first kappa shape index (κ1) is 19.4. The Labute approximate surface area is 161 Å². The van der Waals surface area contributed by atoms with Gasteiger partial charge in [0.25, 0.3) is 0 Å². The lowest BCUT2D eigenvalue weighted by Crippen LogP contribution is -2.43. The molecule has 1 amide bonds. The number of rotatable bonds is 3. The standard InChI is InChI=1S/C21H21NO6/c1-12(22-20(25)28-21(2,3)4)18(23)26-13-9-10-15-14-7-5-6-8-16(14)19(24)27-17(15)11-13/h5-12H,1-4H3,(H,22,25)/t12-/m0/s1. The first-order chi connectivity index (χ1) is 13.1. The first-order valence-electron chi connectivity index (χ1n) is 8.81. The molecular formula is C21H21NO6. The molecule has 0 spiro atoms. The zero-order valence-corrected chi connectivity index (χ0v) is 16.1. The lowest BCUT2D eigenvalue weighted by Gasteiger charge is -2.21. The summed E-state index contributed by atoms with van der Waals surface area (Å²) >= 11 is 0. The zero-order chi connectivity index (χ0) is 20.5. The van der Waals surface area contributed by atoms with Crippen molar-refractivity contribution >= 4 is 33.8 Å². The highest BCUT2D eigenvalue weighted by atomic mass is 16.6. The Bertz CT molecular complexity index is 1110. The minimum Gasteiger partial charge on any atom is -0.444 e. The van der Waals surface area contributed by atoms with Crippen LogP contribution in [0.1, 0.15) is 27.7 Å². The van der Waals surface area contributed by atoms with Crippen LogP contribution in [0.3, 0.4) is 0 Å². The van der Waals surface area contributed by atoms with Crippen molar-refractivity contribution < 1.29 is 23.5 Å². The molecule has 0 aliphatic heterocycles. The molecule has 0 saturated heterocycles. The van der Waals surface area contributed by atoms with Crippen LogP contribution in [0, 0.1) is 0 Å². The molecule has 0 aliphatic rings. The maximum absolute atomic E-state index is 12.2. The number of hydrogen-bond acceptors (Lipinski definition) is 6. The summed E-state index contributed by atoms with van der Waals surface area (Å²) in [4.78, 5) is 36.1. The van der Waals surface area contributed by atoms with Gasteiger partial charge in [-0.15, -0.1) is 0 Å². The molecule has 1 N–H and O–H groups in total. The van der Waals surface area contributed by atoms with E-state index in [9.17, 15) is 14.4 Å². The third-order valence-corrected chi connectivity index (χ3v) is 3.90. The second kappa shape index (κ2) is 7.34. The molecule has 1 atom stereocenters. The number of fused-ring (bicyclic) bond motifs is 3. The van der Waals surface area contributed by atoms with Gasteiger partial charge in [0.05, 0.1) is 5.39 Å². The minimum atomic E-state index is -0.922. The number of alkyl carbamates (subject to hydrolysis) is 1. The normalized spacial score (nSPS) is 12.6. The van der Waals surface area contributed by atoms with E-state index >= 15 is 0 Å². The van der Waals surface area contributed by atoms with Crippen molar-refractivity contribution in [1.29, 1.82) is 0 Å². The Balaban J connectivity index is 1.79. The van der Waals surface area contributed by atoms with E-state index in [1.54, 1.807) is 45.0 Å². The molecule has 3 aromatic rings. The first-order valence-corrected chi connectivity index (χ1v) is 8.81. The molecule has 146 valence electrons. The topological polar surface area (TPSA) is 94.8 Å². The van der Waals surface area contributed by atoms with Gasteiger partial charge >= 0.3 is 17.7 Å². The highest BCUT2D eigenvalue weighted by Gasteiger charge is 2.22. The van der Waals surface area contributed by atoms with Crippen LogP contribution in [0.25, 0.3) is 21.7 Å². The molecule has 28 heavy (non-hydrogen) atoms. The van der Waals surface area contributed by atoms with E-state index < -0.39 is 29.3 Å². The van der Waals surface area contributed by atoms with E-state index in [0.29, 0.717) is 11.0 Å². The monoisotopic (exact) mass is 383 g/mol. The molecule has 1 aromatic heterocycles. The number of ether oxygens (including phenoxy) is 2. The second-order valence-electron chi connectivity index (χ2n) is 7.38. The average Bonchev–Trinajstić information content (AvgIpc) is 2.60. The van der Waals surface area contributed by atoms with Gasteiger partial charge in [-0.25, -0.2) is 14.4 Å². The lowest BCUT2D eigenvalue weighted by atomic mass is 10.1. The van der Waals surface area contributed by atoms with E-state index in [1.165, 1.54) is 13.0 Å². The van der Waals surface area contributed by atoms with Gasteiger partial charge in [0.15, 0.2) is 0 Å². The summed E-state index contributed by atoms with van der Waals surface area (Å²) < 4.78 is 15.7. The van der Waals surface area contributed by atoms with Gasteiger partial charge in [0, 0.05) is 11.5 Å². The van der Waals surface area contributed by atoms with Gasteiger partial charge < -0.3 is 19.2 Å². The SMILES string of the molecule is C[C@H](NC(=O)OC(C)(C)C)C(=O)Oc1ccc2c(c1)oc(=O)c1ccccc12. The van der Waals surface area contributed by atoms with E-state index in [1.807, 2.05) is 12.1 Å². The highest BCUT2D eigenvalue weighted by molar-refractivity contribution is 6.04. The fourth-order valence-electron chi connectivity index (χ4n) is 2.67. The van der Waals surface area contributed by atoms with Crippen molar-refractivity contribution in [3.05, 3.63) is 52.9 Å². The predicted octanol–water partition coefficient (Wildman–Crippen LogP) is 3.76. The number of hydrogen-bond donors (Lipinski definition) is 1. The molecule has 7 nitrogen and oxygen atoms in total. The number of carbonyl (C=O) groups is 2. The van der Waals surface area contributed by atoms with Gasteiger partial charge in [-0.1, -0.05) is 18.2 Å². The van der Waals surface area contributed by atoms with Crippen LogP contribution in [0.4, 0.5) is 4.79 Å². The Kier molecular flexibility index (Phi) is 5.09. The number of nitrogens with one attached hydrogen (secondary N) is 1. The molecule has 0 bridgehead atoms. The van der Waals surface area contributed by atoms with Crippen LogP contribution in [0.2, 0.25) is 0 Å². The fraction of sp³-hybridized carbons (Fsp3) is 0.286. The Morgan fingerprint density at radius 2 is 1.71 bits per heavy atom. The minimum absolute atomic E-state index is 0.203. The second-order valence-corrected chi connectivity index (χ2v) is 7.38. The fourth-order valence-corrected chi connectivity index (χ4v) is 2.67. The summed E-state index contributed by atoms with van der Waals surface area (Å²) in [6.07, 6.45) is -0.715. The average molecular weight is 383 g/mol. The molecule has 0 saturated carbocycles. The van der Waals surface area contributed by atoms with E-state index in [0.717, 1.165) is 10.8 Å². The maximum Gasteiger partial charge on any atom is 0.408 e. The van der Waals surface area contributed by atoms with Crippen LogP contribution < -0.4 is 15.7 Å². The smallest absolute Gasteiger partial charge is 0.408 e. The van der Waals surface area contributed by atoms with Crippen LogP contribution in [0.5, 0.6) is 5.75 Å². The molecule has 0 unspecified atom stereocenters. The lowest BCUT2D eigenvalue weighted by molar-refractivity contribution is -0.136. The Hall–Kier alpha value is -3.35. The Morgan fingerprint density at radius 1 is 1.04 bits per heavy atom. The van der Waals surface area contributed by atoms with Crippen LogP contribution >= 0.6 is 0 Å². The van der Waals surface area contributed by atoms with Gasteiger partial charge in [-0.2, -0.15) is 0 Å². The molecule has 2 aromatic carbocycles. The van der Waals surface area contributed by atoms with E-state index in [-0.39, 0.29) is 5.75 Å². The Morgan fingerprint density at radius 3 is 2.39 bits per heavy atom. The summed E-state index contributed by atoms with van der Waals surface area (Å²) in [7, 11) is 0. The van der Waals surface area contributed by atoms with Crippen LogP contribution in [0.15, 0.2) is 51.7 Å². The number of esters is 1. The van der Waals surface area contributed by atoms with Gasteiger partial charge in [-0.3, -0.25) is 0 Å². The van der Waals surface area contributed by atoms with Gasteiger partial charge in [-0.05, 0) is 51.3 Å². The molecule has 1 heterocycles. The summed E-state index contributed by atoms with van der Waals surface area (Å²) in [5.74, 6) is -0.470. The highest BCUT2D eigenvalue weighted by Crippen LogP contribution is 2.26. The van der Waals surface area contributed by atoms with Gasteiger partial charge in [0.2, 0.25) is 0 Å². The molecular weight excluding hydrogens is 362 g/mol. The predicted molar refractivity (Wildman–Crippen MR) is 104 cm³/mol. The van der Waals surface area contributed by atoms with Crippen LogP contribution in [-0.4, -0.2) is 23.7 Å². The van der Waals surface area contributed by atoms with Crippen molar-refractivity contribution in [1.82, 2.24) is 5.32 Å². The van der Waals surface area contributed by atoms with Crippen LogP contribution in [-0.2, 0) is 9.53 Å². The maximum atomic E-state index is 12.2. The third-order valence-electron chi connectivity index (χ3n) is 3.90. The summed E-state index contributed by atoms with van der Waals surface area (Å²) in [6, 6.07) is 11.0. The molecule has 0 radical (unpaired) electrons. The molecule has 0 aliphatic carbocycles. The third kappa shape index (κ3) is 4.31. The van der Waals surface area contributed by atoms with E-state index in [4.69, 9.17) is 13.9 Å². The summed E-state index contributed by atoms with van der Waals surface area (Å²) in [6.45, 7) is 6.66. The molecule has 7 heteroatoms. The van der Waals surface area contributed by atoms with Crippen molar-refractivity contribution in [2.75, 3.05) is 0 Å². The summed E-state index contributed by atoms with van der Waals surface area (Å²) in [5.41, 5.74) is -0.833. The quantitative estimate of drug-likeness (QED) is 0.320. The largest absolute Gasteiger partial charge is 0.444 e. The van der Waals surface area contributed by atoms with Crippen molar-refractivity contribution in [2.45, 2.75) is 39.3 Å². The molecule has 0 fully saturated rings. The van der Waals surface area contributed by atoms with Gasteiger partial charge in [0.1, 0.15) is 23.0 Å². The van der Waals surface area contributed by atoms with Crippen molar-refractivity contribution in [3.63, 3.8) is 0 Å². The zero-order valence-electron chi connectivity index (χ0n) is 16.1. The summed E-state index contributed by atoms with van der Waals surface area (Å²) in [5, 5.41) is 4.39. The number of benzene rings is 2.